The molecule has 2 bridgehead atoms. The second-order valence-electron chi connectivity index (χ2n) is 8.92. The minimum atomic E-state index is -0.642. The second-order valence-corrected chi connectivity index (χ2v) is 8.92. The van der Waals surface area contributed by atoms with Crippen molar-refractivity contribution in [1.82, 2.24) is 19.4 Å². The van der Waals surface area contributed by atoms with Crippen LogP contribution in [0.1, 0.15) is 26.6 Å². The van der Waals surface area contributed by atoms with E-state index >= 15 is 0 Å². The average Bonchev–Trinajstić information content (AvgIpc) is 3.33. The van der Waals surface area contributed by atoms with Crippen molar-refractivity contribution in [2.24, 2.45) is 11.8 Å². The van der Waals surface area contributed by atoms with Crippen molar-refractivity contribution >= 4 is 11.8 Å². The molecule has 4 heterocycles. The van der Waals surface area contributed by atoms with Crippen LogP contribution in [-0.4, -0.2) is 68.5 Å². The number of aryl methyl sites for hydroxylation is 1. The molecular weight excluding hydrogens is 344 g/mol. The molecular formula is C20H28N4O3. The van der Waals surface area contributed by atoms with Crippen LogP contribution in [0.5, 0.6) is 0 Å². The number of carbonyl (C=O) groups excluding carboxylic acids is 2. The number of imidazole rings is 1. The molecule has 2 amide bonds. The first-order valence-corrected chi connectivity index (χ1v) is 9.55. The molecule has 1 spiro atoms. The Hall–Kier alpha value is -2.15. The minimum absolute atomic E-state index is 0.0156. The fraction of sp³-hybridized carbons (Fsp3) is 0.650. The van der Waals surface area contributed by atoms with Crippen LogP contribution in [0.2, 0.25) is 0 Å². The topological polar surface area (TPSA) is 67.7 Å². The zero-order chi connectivity index (χ0) is 19.6. The fourth-order valence-electron chi connectivity index (χ4n) is 4.61. The van der Waals surface area contributed by atoms with Crippen molar-refractivity contribution in [3.05, 3.63) is 30.4 Å². The second kappa shape index (κ2) is 5.92. The quantitative estimate of drug-likeness (QED) is 0.746. The minimum Gasteiger partial charge on any atom is -0.360 e. The van der Waals surface area contributed by atoms with Gasteiger partial charge in [-0.05, 0) is 27.7 Å². The number of hydrogen-bond donors (Lipinski definition) is 0. The summed E-state index contributed by atoms with van der Waals surface area (Å²) in [4.78, 5) is 34.2. The highest BCUT2D eigenvalue weighted by atomic mass is 16.5. The third kappa shape index (κ3) is 2.71. The SMILES string of the molecule is Cc1nccn1CCN(C)C(=O)[C@@H]1[C@@H]2C=C[C@@]3(CN(C(C)(C)C)C(=O)[C@H]13)O2. The first kappa shape index (κ1) is 18.2. The van der Waals surface area contributed by atoms with E-state index in [9.17, 15) is 9.59 Å². The number of rotatable bonds is 4. The van der Waals surface area contributed by atoms with Crippen LogP contribution in [-0.2, 0) is 20.9 Å². The number of likely N-dealkylation sites (N-methyl/N-ethyl adjacent to an activating group) is 1. The standard InChI is InChI=1S/C20H28N4O3/c1-13-21-8-9-23(13)11-10-22(5)17(25)15-14-6-7-20(27-14)12-24(19(2,3)4)18(26)16(15)20/h6-9,14-16H,10-12H2,1-5H3/t14-,15+,16-,20-/m0/s1. The van der Waals surface area contributed by atoms with Gasteiger partial charge in [-0.25, -0.2) is 4.98 Å². The van der Waals surface area contributed by atoms with Crippen molar-refractivity contribution in [3.63, 3.8) is 0 Å². The fourth-order valence-corrected chi connectivity index (χ4v) is 4.61. The van der Waals surface area contributed by atoms with Crippen molar-refractivity contribution in [2.45, 2.75) is 51.5 Å². The van der Waals surface area contributed by atoms with Gasteiger partial charge in [-0.15, -0.1) is 0 Å². The molecule has 2 saturated heterocycles. The zero-order valence-corrected chi connectivity index (χ0v) is 16.7. The number of nitrogens with zero attached hydrogens (tertiary/aromatic N) is 4. The van der Waals surface area contributed by atoms with E-state index in [4.69, 9.17) is 4.74 Å². The number of likely N-dealkylation sites (tertiary alicyclic amines) is 1. The normalized spacial score (nSPS) is 31.7. The summed E-state index contributed by atoms with van der Waals surface area (Å²) in [5.74, 6) is 0.0813. The Morgan fingerprint density at radius 1 is 1.44 bits per heavy atom. The van der Waals surface area contributed by atoms with Crippen LogP contribution in [0.4, 0.5) is 0 Å². The maximum Gasteiger partial charge on any atom is 0.230 e. The van der Waals surface area contributed by atoms with E-state index in [2.05, 4.69) is 4.98 Å². The van der Waals surface area contributed by atoms with Crippen molar-refractivity contribution in [2.75, 3.05) is 20.1 Å². The Bertz CT molecular complexity index is 808. The molecule has 0 aliphatic carbocycles. The number of hydrogen-bond acceptors (Lipinski definition) is 4. The lowest BCUT2D eigenvalue weighted by Gasteiger charge is -2.34. The van der Waals surface area contributed by atoms with Crippen LogP contribution < -0.4 is 0 Å². The molecule has 4 atom stereocenters. The van der Waals surface area contributed by atoms with Gasteiger partial charge in [0.2, 0.25) is 11.8 Å². The van der Waals surface area contributed by atoms with Gasteiger partial charge in [-0.1, -0.05) is 12.2 Å². The third-order valence-corrected chi connectivity index (χ3v) is 6.17. The number of amides is 2. The molecule has 0 N–H and O–H groups in total. The Balaban J connectivity index is 1.52. The van der Waals surface area contributed by atoms with Crippen LogP contribution in [0.15, 0.2) is 24.5 Å². The molecule has 7 nitrogen and oxygen atoms in total. The summed E-state index contributed by atoms with van der Waals surface area (Å²) in [5, 5.41) is 0. The van der Waals surface area contributed by atoms with Crippen molar-refractivity contribution in [3.8, 4) is 0 Å². The Kier molecular flexibility index (Phi) is 4.00. The van der Waals surface area contributed by atoms with Crippen molar-refractivity contribution < 1.29 is 14.3 Å². The van der Waals surface area contributed by atoms with E-state index in [0.29, 0.717) is 19.6 Å². The van der Waals surface area contributed by atoms with Gasteiger partial charge >= 0.3 is 0 Å². The van der Waals surface area contributed by atoms with Gasteiger partial charge in [-0.3, -0.25) is 9.59 Å². The summed E-state index contributed by atoms with van der Waals surface area (Å²) >= 11 is 0. The predicted molar refractivity (Wildman–Crippen MR) is 99.8 cm³/mol. The molecule has 27 heavy (non-hydrogen) atoms. The van der Waals surface area contributed by atoms with E-state index in [-0.39, 0.29) is 23.5 Å². The molecule has 146 valence electrons. The molecule has 0 saturated carbocycles. The number of fused-ring (bicyclic) bond motifs is 1. The zero-order valence-electron chi connectivity index (χ0n) is 16.7. The monoisotopic (exact) mass is 372 g/mol. The van der Waals surface area contributed by atoms with E-state index in [1.807, 2.05) is 55.5 Å². The first-order valence-electron chi connectivity index (χ1n) is 9.55. The van der Waals surface area contributed by atoms with Gasteiger partial charge < -0.3 is 19.1 Å². The molecule has 2 fully saturated rings. The molecule has 1 aromatic rings. The molecule has 4 rings (SSSR count). The largest absolute Gasteiger partial charge is 0.360 e. The molecule has 0 aromatic carbocycles. The summed E-state index contributed by atoms with van der Waals surface area (Å²) in [6.07, 6.45) is 7.34. The Morgan fingerprint density at radius 2 is 2.19 bits per heavy atom. The molecule has 7 heteroatoms. The lowest BCUT2D eigenvalue weighted by atomic mass is 9.76. The maximum atomic E-state index is 13.2. The molecule has 0 unspecified atom stereocenters. The lowest BCUT2D eigenvalue weighted by molar-refractivity contribution is -0.144. The summed E-state index contributed by atoms with van der Waals surface area (Å²) in [5.41, 5.74) is -0.930. The smallest absolute Gasteiger partial charge is 0.230 e. The molecule has 3 aliphatic heterocycles. The van der Waals surface area contributed by atoms with Gasteiger partial charge in [0.05, 0.1) is 24.5 Å². The molecule has 3 aliphatic rings. The number of aromatic nitrogens is 2. The molecule has 0 radical (unpaired) electrons. The van der Waals surface area contributed by atoms with E-state index in [1.54, 1.807) is 18.1 Å². The van der Waals surface area contributed by atoms with Crippen molar-refractivity contribution in [1.29, 1.82) is 0 Å². The van der Waals surface area contributed by atoms with Crippen LogP contribution in [0.3, 0.4) is 0 Å². The Morgan fingerprint density at radius 3 is 2.81 bits per heavy atom. The molecule has 1 aromatic heterocycles. The lowest BCUT2D eigenvalue weighted by Crippen LogP contribution is -2.47. The van der Waals surface area contributed by atoms with Gasteiger partial charge in [0, 0.05) is 38.1 Å². The average molecular weight is 372 g/mol. The summed E-state index contributed by atoms with van der Waals surface area (Å²) < 4.78 is 8.22. The number of carbonyl (C=O) groups is 2. The van der Waals surface area contributed by atoms with Gasteiger partial charge in [0.25, 0.3) is 0 Å². The highest BCUT2D eigenvalue weighted by Gasteiger charge is 2.68. The van der Waals surface area contributed by atoms with Crippen LogP contribution in [0, 0.1) is 18.8 Å². The number of ether oxygens (including phenoxy) is 1. The highest BCUT2D eigenvalue weighted by Crippen LogP contribution is 2.53. The highest BCUT2D eigenvalue weighted by molar-refractivity contribution is 5.93. The Labute approximate surface area is 160 Å². The van der Waals surface area contributed by atoms with E-state index < -0.39 is 17.4 Å². The summed E-state index contributed by atoms with van der Waals surface area (Å²) in [6.45, 7) is 9.78. The first-order chi connectivity index (χ1) is 12.6. The third-order valence-electron chi connectivity index (χ3n) is 6.17. The summed E-state index contributed by atoms with van der Waals surface area (Å²) in [7, 11) is 1.80. The van der Waals surface area contributed by atoms with Gasteiger partial charge in [-0.2, -0.15) is 0 Å². The van der Waals surface area contributed by atoms with E-state index in [0.717, 1.165) is 5.82 Å². The van der Waals surface area contributed by atoms with Crippen LogP contribution in [0.25, 0.3) is 0 Å². The van der Waals surface area contributed by atoms with Crippen LogP contribution >= 0.6 is 0 Å². The maximum absolute atomic E-state index is 13.2. The van der Waals surface area contributed by atoms with Gasteiger partial charge in [0.1, 0.15) is 11.4 Å². The summed E-state index contributed by atoms with van der Waals surface area (Å²) in [6, 6.07) is 0. The van der Waals surface area contributed by atoms with Gasteiger partial charge in [0.15, 0.2) is 0 Å². The predicted octanol–water partition coefficient (Wildman–Crippen LogP) is 1.23. The van der Waals surface area contributed by atoms with E-state index in [1.165, 1.54) is 0 Å².